The minimum atomic E-state index is -4.54. The van der Waals surface area contributed by atoms with E-state index in [1.165, 1.54) is 7.11 Å². The van der Waals surface area contributed by atoms with Crippen molar-refractivity contribution in [2.75, 3.05) is 13.8 Å². The second-order valence-corrected chi connectivity index (χ2v) is 8.81. The molecule has 1 aliphatic heterocycles. The predicted octanol–water partition coefficient (Wildman–Crippen LogP) is -0.659. The van der Waals surface area contributed by atoms with Crippen LogP contribution in [0.2, 0.25) is 0 Å². The first-order chi connectivity index (χ1) is 11.9. The second-order valence-electron chi connectivity index (χ2n) is 5.51. The van der Waals surface area contributed by atoms with Gasteiger partial charge in [0.2, 0.25) is 0 Å². The van der Waals surface area contributed by atoms with Crippen molar-refractivity contribution in [3.05, 3.63) is 45.0 Å². The second kappa shape index (κ2) is 7.71. The summed E-state index contributed by atoms with van der Waals surface area (Å²) in [5.74, 6) is 0.552. The van der Waals surface area contributed by atoms with Crippen LogP contribution in [0.15, 0.2) is 33.7 Å². The molecule has 5 atom stereocenters. The van der Waals surface area contributed by atoms with Gasteiger partial charge in [-0.25, -0.2) is 4.79 Å². The minimum absolute atomic E-state index is 0.552. The molecule has 146 valence electrons. The van der Waals surface area contributed by atoms with Crippen LogP contribution in [0.25, 0.3) is 0 Å². The largest absolute Gasteiger partial charge is 0.374 e. The molecule has 0 aromatic carbocycles. The van der Waals surface area contributed by atoms with Gasteiger partial charge < -0.3 is 24.2 Å². The summed E-state index contributed by atoms with van der Waals surface area (Å²) in [6, 6.07) is 1.06. The van der Waals surface area contributed by atoms with Crippen LogP contribution in [0.5, 0.6) is 0 Å². The molecule has 0 radical (unpaired) electrons. The summed E-state index contributed by atoms with van der Waals surface area (Å²) in [5, 5.41) is 0. The van der Waals surface area contributed by atoms with Crippen LogP contribution < -0.4 is 11.2 Å². The van der Waals surface area contributed by atoms with E-state index < -0.39 is 51.0 Å². The Labute approximate surface area is 146 Å². The van der Waals surface area contributed by atoms with E-state index in [-0.39, 0.29) is 0 Å². The highest BCUT2D eigenvalue weighted by Gasteiger charge is 2.48. The Balaban J connectivity index is 2.46. The molecular formula is C12H18N2O10P2. The van der Waals surface area contributed by atoms with Crippen molar-refractivity contribution in [3.8, 4) is 0 Å². The molecule has 1 saturated heterocycles. The van der Waals surface area contributed by atoms with Crippen molar-refractivity contribution in [3.63, 3.8) is 0 Å². The third kappa shape index (κ3) is 5.32. The van der Waals surface area contributed by atoms with Crippen LogP contribution in [0.4, 0.5) is 0 Å². The minimum Gasteiger partial charge on any atom is -0.374 e. The van der Waals surface area contributed by atoms with E-state index in [9.17, 15) is 23.6 Å². The lowest BCUT2D eigenvalue weighted by Crippen LogP contribution is -2.39. The maximum absolute atomic E-state index is 12.0. The summed E-state index contributed by atoms with van der Waals surface area (Å²) in [6.45, 7) is 0.920. The summed E-state index contributed by atoms with van der Waals surface area (Å²) in [7, 11) is -7.34. The monoisotopic (exact) mass is 412 g/mol. The number of aromatic amines is 1. The number of H-pyrrole nitrogens is 1. The van der Waals surface area contributed by atoms with Gasteiger partial charge in [-0.3, -0.25) is 28.0 Å². The molecule has 1 aromatic rings. The zero-order chi connectivity index (χ0) is 19.7. The maximum atomic E-state index is 12.0. The van der Waals surface area contributed by atoms with Crippen molar-refractivity contribution in [1.82, 2.24) is 9.55 Å². The van der Waals surface area contributed by atoms with Crippen LogP contribution in [0.1, 0.15) is 6.23 Å². The number of ether oxygens (including phenoxy) is 2. The predicted molar refractivity (Wildman–Crippen MR) is 87.8 cm³/mol. The molecule has 1 unspecified atom stereocenters. The van der Waals surface area contributed by atoms with Gasteiger partial charge >= 0.3 is 20.9 Å². The number of hydrogen-bond donors (Lipinski definition) is 4. The lowest BCUT2D eigenvalue weighted by Gasteiger charge is -2.23. The van der Waals surface area contributed by atoms with Crippen molar-refractivity contribution in [2.45, 2.75) is 24.5 Å². The number of hydrogen-bond acceptors (Lipinski definition) is 7. The molecule has 14 heteroatoms. The molecule has 1 fully saturated rings. The van der Waals surface area contributed by atoms with E-state index in [0.29, 0.717) is 5.82 Å². The quantitative estimate of drug-likeness (QED) is 0.439. The topological polar surface area (TPSA) is 177 Å². The summed E-state index contributed by atoms with van der Waals surface area (Å²) >= 11 is 0. The van der Waals surface area contributed by atoms with Gasteiger partial charge in [-0.2, -0.15) is 0 Å². The lowest BCUT2D eigenvalue weighted by atomic mass is 10.1. The fourth-order valence-electron chi connectivity index (χ4n) is 2.46. The van der Waals surface area contributed by atoms with Crippen molar-refractivity contribution in [2.24, 2.45) is 0 Å². The van der Waals surface area contributed by atoms with Gasteiger partial charge in [0.1, 0.15) is 18.3 Å². The number of nitrogens with one attached hydrogen (secondary N) is 1. The van der Waals surface area contributed by atoms with E-state index >= 15 is 0 Å². The average molecular weight is 412 g/mol. The fourth-order valence-corrected chi connectivity index (χ4v) is 3.55. The molecule has 1 aliphatic rings. The molecule has 26 heavy (non-hydrogen) atoms. The zero-order valence-electron chi connectivity index (χ0n) is 13.7. The maximum Gasteiger partial charge on any atom is 0.348 e. The van der Waals surface area contributed by atoms with Gasteiger partial charge in [0, 0.05) is 31.9 Å². The van der Waals surface area contributed by atoms with Crippen LogP contribution in [0, 0.1) is 0 Å². The van der Waals surface area contributed by atoms with E-state index in [0.717, 1.165) is 29.6 Å². The van der Waals surface area contributed by atoms with Crippen LogP contribution in [-0.2, 0) is 23.1 Å². The van der Waals surface area contributed by atoms with E-state index in [1.54, 1.807) is 0 Å². The highest BCUT2D eigenvalue weighted by atomic mass is 31.2. The molecule has 4 N–H and O–H groups in total. The van der Waals surface area contributed by atoms with Crippen LogP contribution >= 0.6 is 15.2 Å². The summed E-state index contributed by atoms with van der Waals surface area (Å²) in [6.07, 6.45) is -2.65. The van der Waals surface area contributed by atoms with Crippen LogP contribution in [0.3, 0.4) is 0 Å². The molecule has 2 rings (SSSR count). The van der Waals surface area contributed by atoms with Gasteiger partial charge in [-0.1, -0.05) is 0 Å². The highest BCUT2D eigenvalue weighted by Crippen LogP contribution is 2.46. The van der Waals surface area contributed by atoms with Crippen molar-refractivity contribution >= 4 is 15.2 Å². The molecule has 0 amide bonds. The Kier molecular flexibility index (Phi) is 6.21. The fraction of sp³-hybridized carbons (Fsp3) is 0.500. The third-order valence-corrected chi connectivity index (χ3v) is 4.61. The Morgan fingerprint density at radius 1 is 1.27 bits per heavy atom. The van der Waals surface area contributed by atoms with Gasteiger partial charge in [0.15, 0.2) is 6.23 Å². The highest BCUT2D eigenvalue weighted by molar-refractivity contribution is 7.55. The Morgan fingerprint density at radius 2 is 1.92 bits per heavy atom. The van der Waals surface area contributed by atoms with Gasteiger partial charge in [-0.05, 0) is 6.08 Å². The summed E-state index contributed by atoms with van der Waals surface area (Å²) < 4.78 is 39.5. The number of rotatable bonds is 6. The Morgan fingerprint density at radius 3 is 2.42 bits per heavy atom. The Hall–Kier alpha value is -1.36. The SMILES string of the molecule is CO[C@@H]1[C@H](OP(C)(=O)O)[C@@H](/C=C/P(=O)(O)O)O[C@H]1n1ccc(=O)[nH]c1=O. The average Bonchev–Trinajstić information content (AvgIpc) is 2.80. The number of aromatic nitrogens is 2. The summed E-state index contributed by atoms with van der Waals surface area (Å²) in [5.41, 5.74) is -1.47. The van der Waals surface area contributed by atoms with E-state index in [1.807, 2.05) is 4.98 Å². The van der Waals surface area contributed by atoms with Gasteiger partial charge in [0.05, 0.1) is 0 Å². The van der Waals surface area contributed by atoms with E-state index in [2.05, 4.69) is 0 Å². The smallest absolute Gasteiger partial charge is 0.348 e. The first-order valence-electron chi connectivity index (χ1n) is 7.14. The molecule has 12 nitrogen and oxygen atoms in total. The Bertz CT molecular complexity index is 880. The first-order valence-corrected chi connectivity index (χ1v) is 10.8. The molecule has 1 aromatic heterocycles. The zero-order valence-corrected chi connectivity index (χ0v) is 15.4. The molecule has 2 heterocycles. The number of nitrogens with zero attached hydrogens (tertiary/aromatic N) is 1. The normalized spacial score (nSPS) is 29.1. The van der Waals surface area contributed by atoms with Gasteiger partial charge in [0.25, 0.3) is 5.56 Å². The third-order valence-electron chi connectivity index (χ3n) is 3.41. The first kappa shape index (κ1) is 20.9. The van der Waals surface area contributed by atoms with Crippen molar-refractivity contribution < 1.29 is 37.8 Å². The van der Waals surface area contributed by atoms with Crippen molar-refractivity contribution in [1.29, 1.82) is 0 Å². The standard InChI is InChI=1S/C12H18N2O10P2/c1-22-10-9(24-25(2,17)18)7(4-6-26(19,20)21)23-11(10)14-5-3-8(15)13-12(14)16/h3-7,9-11H,1-2H3,(H,17,18)(H,13,15,16)(H2,19,20,21)/b6-4+/t7-,9-,10-,11-/m1/s1. The summed E-state index contributed by atoms with van der Waals surface area (Å²) in [4.78, 5) is 52.7. The molecule has 0 bridgehead atoms. The van der Waals surface area contributed by atoms with Crippen LogP contribution in [-0.4, -0.2) is 56.3 Å². The van der Waals surface area contributed by atoms with Gasteiger partial charge in [-0.15, -0.1) is 0 Å². The van der Waals surface area contributed by atoms with E-state index in [4.69, 9.17) is 23.8 Å². The molecule has 0 spiro atoms. The number of methoxy groups -OCH3 is 1. The lowest BCUT2D eigenvalue weighted by molar-refractivity contribution is -0.0479. The molecule has 0 aliphatic carbocycles. The molecular weight excluding hydrogens is 394 g/mol. The molecule has 0 saturated carbocycles.